The topological polar surface area (TPSA) is 75.1 Å². The number of nitrogens with zero attached hydrogens (tertiary/aromatic N) is 2. The molecule has 4 atom stereocenters. The van der Waals surface area contributed by atoms with Gasteiger partial charge in [0.05, 0.1) is 25.1 Å². The second-order valence-electron chi connectivity index (χ2n) is 7.68. The Bertz CT molecular complexity index is 803. The third kappa shape index (κ3) is 3.91. The first-order valence-electron chi connectivity index (χ1n) is 9.58. The van der Waals surface area contributed by atoms with E-state index in [2.05, 4.69) is 9.88 Å². The summed E-state index contributed by atoms with van der Waals surface area (Å²) in [6.07, 6.45) is 2.37. The highest BCUT2D eigenvalue weighted by Gasteiger charge is 2.42. The number of hydrogen-bond donors (Lipinski definition) is 2. The SMILES string of the molecule is COc1cccc(F)c1O[C@@H]1C[C@@H]2CN(CC(O)c3ccc(O)cn3)C[C@@H]2C1. The fourth-order valence-electron chi connectivity index (χ4n) is 4.45. The predicted octanol–water partition coefficient (Wildman–Crippen LogP) is 2.76. The van der Waals surface area contributed by atoms with Crippen LogP contribution in [0.3, 0.4) is 0 Å². The molecule has 6 nitrogen and oxygen atoms in total. The van der Waals surface area contributed by atoms with Crippen LogP contribution in [-0.2, 0) is 0 Å². The van der Waals surface area contributed by atoms with Gasteiger partial charge >= 0.3 is 0 Å². The number of aliphatic hydroxyl groups is 1. The van der Waals surface area contributed by atoms with E-state index < -0.39 is 11.9 Å². The van der Waals surface area contributed by atoms with Crippen molar-refractivity contribution in [2.24, 2.45) is 11.8 Å². The molecule has 0 bridgehead atoms. The standard InChI is InChI=1S/C21H25FN2O4/c1-27-20-4-2-3-17(22)21(20)28-16-7-13-10-24(11-14(13)8-16)12-19(26)18-6-5-15(25)9-23-18/h2-6,9,13-14,16,19,25-26H,7-8,10-12H2,1H3/t13-,14+,16-,19?. The van der Waals surface area contributed by atoms with Crippen LogP contribution < -0.4 is 9.47 Å². The highest BCUT2D eigenvalue weighted by molar-refractivity contribution is 5.41. The molecular weight excluding hydrogens is 363 g/mol. The quantitative estimate of drug-likeness (QED) is 0.793. The summed E-state index contributed by atoms with van der Waals surface area (Å²) >= 11 is 0. The van der Waals surface area contributed by atoms with Gasteiger partial charge < -0.3 is 19.7 Å². The van der Waals surface area contributed by atoms with Gasteiger partial charge in [-0.1, -0.05) is 6.07 Å². The number of para-hydroxylation sites is 1. The van der Waals surface area contributed by atoms with Crippen molar-refractivity contribution < 1.29 is 24.1 Å². The summed E-state index contributed by atoms with van der Waals surface area (Å²) < 4.78 is 25.3. The van der Waals surface area contributed by atoms with Crippen molar-refractivity contribution in [2.75, 3.05) is 26.7 Å². The molecule has 2 aliphatic rings. The lowest BCUT2D eigenvalue weighted by Gasteiger charge is -2.22. The highest BCUT2D eigenvalue weighted by Crippen LogP contribution is 2.42. The highest BCUT2D eigenvalue weighted by atomic mass is 19.1. The lowest BCUT2D eigenvalue weighted by Crippen LogP contribution is -2.29. The Labute approximate surface area is 163 Å². The van der Waals surface area contributed by atoms with Gasteiger partial charge in [0, 0.05) is 19.6 Å². The summed E-state index contributed by atoms with van der Waals surface area (Å²) in [7, 11) is 1.51. The van der Waals surface area contributed by atoms with Crippen LogP contribution >= 0.6 is 0 Å². The van der Waals surface area contributed by atoms with E-state index in [1.54, 1.807) is 18.2 Å². The average molecular weight is 388 g/mol. The first kappa shape index (κ1) is 19.0. The van der Waals surface area contributed by atoms with Crippen molar-refractivity contribution in [2.45, 2.75) is 25.0 Å². The number of hydrogen-bond acceptors (Lipinski definition) is 6. The largest absolute Gasteiger partial charge is 0.506 e. The number of likely N-dealkylation sites (tertiary alicyclic amines) is 1. The van der Waals surface area contributed by atoms with Gasteiger partial charge in [-0.3, -0.25) is 9.88 Å². The normalized spacial score (nSPS) is 25.5. The number of aromatic nitrogens is 1. The van der Waals surface area contributed by atoms with Gasteiger partial charge in [0.1, 0.15) is 11.9 Å². The van der Waals surface area contributed by atoms with E-state index in [9.17, 15) is 14.6 Å². The maximum atomic E-state index is 14.1. The van der Waals surface area contributed by atoms with Gasteiger partial charge in [-0.2, -0.15) is 0 Å². The molecule has 0 radical (unpaired) electrons. The number of aromatic hydroxyl groups is 1. The zero-order valence-electron chi connectivity index (χ0n) is 15.8. The second-order valence-corrected chi connectivity index (χ2v) is 7.68. The summed E-state index contributed by atoms with van der Waals surface area (Å²) in [5.74, 6) is 1.25. The first-order chi connectivity index (χ1) is 13.5. The van der Waals surface area contributed by atoms with Gasteiger partial charge in [-0.25, -0.2) is 4.39 Å². The van der Waals surface area contributed by atoms with E-state index in [-0.39, 0.29) is 17.6 Å². The van der Waals surface area contributed by atoms with E-state index in [1.807, 2.05) is 0 Å². The van der Waals surface area contributed by atoms with Crippen LogP contribution in [0.5, 0.6) is 17.2 Å². The van der Waals surface area contributed by atoms with Crippen molar-refractivity contribution in [3.05, 3.63) is 48.0 Å². The van der Waals surface area contributed by atoms with Crippen molar-refractivity contribution in [1.82, 2.24) is 9.88 Å². The Morgan fingerprint density at radius 1 is 1.21 bits per heavy atom. The summed E-state index contributed by atoms with van der Waals surface area (Å²) in [6, 6.07) is 7.87. The molecular formula is C21H25FN2O4. The maximum Gasteiger partial charge on any atom is 0.197 e. The zero-order chi connectivity index (χ0) is 19.7. The lowest BCUT2D eigenvalue weighted by atomic mass is 10.0. The van der Waals surface area contributed by atoms with Crippen LogP contribution in [0, 0.1) is 17.7 Å². The number of pyridine rings is 1. The summed E-state index contributed by atoms with van der Waals surface area (Å²) in [5.41, 5.74) is 0.558. The Hall–Kier alpha value is -2.38. The minimum atomic E-state index is -0.686. The molecule has 1 aliphatic heterocycles. The fourth-order valence-corrected chi connectivity index (χ4v) is 4.45. The number of β-amino-alcohol motifs (C(OH)–C–C–N with tert-alkyl or cyclic N) is 1. The van der Waals surface area contributed by atoms with Crippen LogP contribution in [0.25, 0.3) is 0 Å². The molecule has 1 aliphatic carbocycles. The van der Waals surface area contributed by atoms with Gasteiger partial charge in [0.15, 0.2) is 17.3 Å². The number of fused-ring (bicyclic) bond motifs is 1. The number of methoxy groups -OCH3 is 1. The van der Waals surface area contributed by atoms with E-state index in [0.29, 0.717) is 29.8 Å². The lowest BCUT2D eigenvalue weighted by molar-refractivity contribution is 0.112. The maximum absolute atomic E-state index is 14.1. The Balaban J connectivity index is 1.32. The molecule has 1 saturated carbocycles. The van der Waals surface area contributed by atoms with E-state index >= 15 is 0 Å². The van der Waals surface area contributed by atoms with Crippen LogP contribution in [0.2, 0.25) is 0 Å². The number of rotatable bonds is 6. The second kappa shape index (κ2) is 7.93. The molecule has 2 aromatic rings. The van der Waals surface area contributed by atoms with Crippen LogP contribution in [-0.4, -0.2) is 52.9 Å². The molecule has 0 spiro atoms. The van der Waals surface area contributed by atoms with Crippen LogP contribution in [0.4, 0.5) is 4.39 Å². The number of halogens is 1. The van der Waals surface area contributed by atoms with Crippen LogP contribution in [0.15, 0.2) is 36.5 Å². The molecule has 28 heavy (non-hydrogen) atoms. The molecule has 4 rings (SSSR count). The third-order valence-electron chi connectivity index (χ3n) is 5.76. The van der Waals surface area contributed by atoms with Crippen molar-refractivity contribution >= 4 is 0 Å². The van der Waals surface area contributed by atoms with Gasteiger partial charge in [-0.15, -0.1) is 0 Å². The van der Waals surface area contributed by atoms with Crippen molar-refractivity contribution in [1.29, 1.82) is 0 Å². The summed E-state index contributed by atoms with van der Waals surface area (Å²) in [4.78, 5) is 6.33. The Morgan fingerprint density at radius 2 is 1.96 bits per heavy atom. The molecule has 0 amide bonds. The molecule has 2 fully saturated rings. The molecule has 1 aromatic heterocycles. The smallest absolute Gasteiger partial charge is 0.197 e. The molecule has 1 aromatic carbocycles. The molecule has 2 N–H and O–H groups in total. The van der Waals surface area contributed by atoms with E-state index in [4.69, 9.17) is 9.47 Å². The van der Waals surface area contributed by atoms with Gasteiger partial charge in [-0.05, 0) is 48.9 Å². The average Bonchev–Trinajstić information content (AvgIpc) is 3.21. The third-order valence-corrected chi connectivity index (χ3v) is 5.76. The van der Waals surface area contributed by atoms with Gasteiger partial charge in [0.2, 0.25) is 0 Å². The van der Waals surface area contributed by atoms with Gasteiger partial charge in [0.25, 0.3) is 0 Å². The molecule has 7 heteroatoms. The number of benzene rings is 1. The van der Waals surface area contributed by atoms with E-state index in [1.165, 1.54) is 25.4 Å². The first-order valence-corrected chi connectivity index (χ1v) is 9.58. The number of aliphatic hydroxyl groups excluding tert-OH is 1. The summed E-state index contributed by atoms with van der Waals surface area (Å²) in [6.45, 7) is 2.28. The van der Waals surface area contributed by atoms with E-state index in [0.717, 1.165) is 25.9 Å². The molecule has 150 valence electrons. The zero-order valence-corrected chi connectivity index (χ0v) is 15.8. The Morgan fingerprint density at radius 3 is 2.61 bits per heavy atom. The molecule has 2 heterocycles. The fraction of sp³-hybridized carbons (Fsp3) is 0.476. The van der Waals surface area contributed by atoms with Crippen molar-refractivity contribution in [3.8, 4) is 17.2 Å². The monoisotopic (exact) mass is 388 g/mol. The Kier molecular flexibility index (Phi) is 5.37. The summed E-state index contributed by atoms with van der Waals surface area (Å²) in [5, 5.41) is 19.7. The van der Waals surface area contributed by atoms with Crippen LogP contribution in [0.1, 0.15) is 24.6 Å². The molecule has 1 unspecified atom stereocenters. The van der Waals surface area contributed by atoms with Crippen molar-refractivity contribution in [3.63, 3.8) is 0 Å². The minimum absolute atomic E-state index is 0.0216. The predicted molar refractivity (Wildman–Crippen MR) is 101 cm³/mol. The molecule has 1 saturated heterocycles. The minimum Gasteiger partial charge on any atom is -0.506 e. The number of ether oxygens (including phenoxy) is 2.